The van der Waals surface area contributed by atoms with Gasteiger partial charge in [0, 0.05) is 31.0 Å². The molecule has 1 unspecified atom stereocenters. The topological polar surface area (TPSA) is 108 Å². The molecule has 0 aliphatic carbocycles. The Hall–Kier alpha value is -3.96. The van der Waals surface area contributed by atoms with Crippen molar-refractivity contribution >= 4 is 5.65 Å². The molecule has 0 spiro atoms. The Morgan fingerprint density at radius 2 is 2.10 bits per heavy atom. The summed E-state index contributed by atoms with van der Waals surface area (Å²) in [5.41, 5.74) is 2.07. The van der Waals surface area contributed by atoms with Crippen LogP contribution in [0.5, 0.6) is 11.5 Å². The largest absolute Gasteiger partial charge is 0.456 e. The second-order valence-corrected chi connectivity index (χ2v) is 6.51. The first-order chi connectivity index (χ1) is 14.1. The molecule has 0 fully saturated rings. The fraction of sp³-hybridized carbons (Fsp3) is 0.143. The van der Waals surface area contributed by atoms with Gasteiger partial charge in [-0.1, -0.05) is 12.1 Å². The summed E-state index contributed by atoms with van der Waals surface area (Å²) in [5.74, 6) is 1.41. The van der Waals surface area contributed by atoms with Crippen LogP contribution < -0.4 is 15.6 Å². The molecule has 0 bridgehead atoms. The molecule has 4 aromatic rings. The molecular weight excluding hydrogens is 368 g/mol. The molecule has 0 amide bonds. The van der Waals surface area contributed by atoms with Crippen molar-refractivity contribution in [2.75, 3.05) is 0 Å². The minimum absolute atomic E-state index is 0.0318. The smallest absolute Gasteiger partial charge is 0.272 e. The fourth-order valence-corrected chi connectivity index (χ4v) is 2.95. The lowest BCUT2D eigenvalue weighted by atomic mass is 10.1. The van der Waals surface area contributed by atoms with Crippen LogP contribution in [0, 0.1) is 11.3 Å². The summed E-state index contributed by atoms with van der Waals surface area (Å²) in [6, 6.07) is 14.9. The Kier molecular flexibility index (Phi) is 5.05. The fourth-order valence-electron chi connectivity index (χ4n) is 2.95. The third-order valence-electron chi connectivity index (χ3n) is 4.51. The van der Waals surface area contributed by atoms with Crippen molar-refractivity contribution in [2.24, 2.45) is 0 Å². The SMILES string of the molecule is CC(NCc1cc(=O)n2[nH]cc(C#N)c2n1)c1ccc(Oc2cccnc2)cc1. The van der Waals surface area contributed by atoms with Crippen LogP contribution in [0.1, 0.15) is 29.8 Å². The van der Waals surface area contributed by atoms with Crippen LogP contribution in [0.25, 0.3) is 5.65 Å². The van der Waals surface area contributed by atoms with Crippen LogP contribution in [0.15, 0.2) is 65.8 Å². The number of H-pyrrole nitrogens is 1. The van der Waals surface area contributed by atoms with Gasteiger partial charge >= 0.3 is 0 Å². The van der Waals surface area contributed by atoms with Gasteiger partial charge in [-0.15, -0.1) is 0 Å². The summed E-state index contributed by atoms with van der Waals surface area (Å²) >= 11 is 0. The van der Waals surface area contributed by atoms with E-state index in [1.54, 1.807) is 12.4 Å². The highest BCUT2D eigenvalue weighted by molar-refractivity contribution is 5.53. The van der Waals surface area contributed by atoms with Gasteiger partial charge in [0.05, 0.1) is 11.9 Å². The predicted molar refractivity (Wildman–Crippen MR) is 107 cm³/mol. The average molecular weight is 386 g/mol. The van der Waals surface area contributed by atoms with Gasteiger partial charge in [-0.25, -0.2) is 9.50 Å². The van der Waals surface area contributed by atoms with Crippen molar-refractivity contribution in [1.29, 1.82) is 5.26 Å². The van der Waals surface area contributed by atoms with Gasteiger partial charge in [0.1, 0.15) is 23.1 Å². The Morgan fingerprint density at radius 1 is 1.28 bits per heavy atom. The molecule has 3 heterocycles. The van der Waals surface area contributed by atoms with Gasteiger partial charge in [0.25, 0.3) is 5.56 Å². The zero-order valence-corrected chi connectivity index (χ0v) is 15.7. The van der Waals surface area contributed by atoms with E-state index in [0.29, 0.717) is 29.2 Å². The quantitative estimate of drug-likeness (QED) is 0.527. The van der Waals surface area contributed by atoms with E-state index in [-0.39, 0.29) is 11.6 Å². The van der Waals surface area contributed by atoms with Crippen LogP contribution in [0.4, 0.5) is 0 Å². The predicted octanol–water partition coefficient (Wildman–Crippen LogP) is 2.93. The Morgan fingerprint density at radius 3 is 2.83 bits per heavy atom. The van der Waals surface area contributed by atoms with Crippen LogP contribution >= 0.6 is 0 Å². The molecule has 4 rings (SSSR count). The van der Waals surface area contributed by atoms with Crippen molar-refractivity contribution in [1.82, 2.24) is 24.9 Å². The van der Waals surface area contributed by atoms with Crippen LogP contribution in [-0.2, 0) is 6.54 Å². The maximum Gasteiger partial charge on any atom is 0.272 e. The van der Waals surface area contributed by atoms with Crippen molar-refractivity contribution in [2.45, 2.75) is 19.5 Å². The van der Waals surface area contributed by atoms with Gasteiger partial charge in [-0.3, -0.25) is 14.9 Å². The molecule has 0 aliphatic heterocycles. The first-order valence-corrected chi connectivity index (χ1v) is 9.05. The second kappa shape index (κ2) is 7.96. The first kappa shape index (κ1) is 18.4. The molecule has 3 aromatic heterocycles. The van der Waals surface area contributed by atoms with Crippen molar-refractivity contribution in [3.05, 3.63) is 88.2 Å². The molecule has 0 saturated heterocycles. The van der Waals surface area contributed by atoms with Crippen LogP contribution in [-0.4, -0.2) is 19.6 Å². The number of hydrogen-bond donors (Lipinski definition) is 2. The molecular formula is C21H18N6O2. The minimum Gasteiger partial charge on any atom is -0.456 e. The molecule has 8 nitrogen and oxygen atoms in total. The second-order valence-electron chi connectivity index (χ2n) is 6.51. The average Bonchev–Trinajstić information content (AvgIpc) is 3.17. The number of nitrogens with zero attached hydrogens (tertiary/aromatic N) is 4. The summed E-state index contributed by atoms with van der Waals surface area (Å²) < 4.78 is 7.01. The monoisotopic (exact) mass is 386 g/mol. The Labute approximate surface area is 166 Å². The number of benzene rings is 1. The highest BCUT2D eigenvalue weighted by atomic mass is 16.5. The van der Waals surface area contributed by atoms with E-state index in [1.165, 1.54) is 16.8 Å². The van der Waals surface area contributed by atoms with E-state index in [2.05, 4.69) is 20.4 Å². The van der Waals surface area contributed by atoms with E-state index in [1.807, 2.05) is 49.4 Å². The number of nitrogens with one attached hydrogen (secondary N) is 2. The highest BCUT2D eigenvalue weighted by Gasteiger charge is 2.10. The number of pyridine rings is 1. The van der Waals surface area contributed by atoms with E-state index >= 15 is 0 Å². The summed E-state index contributed by atoms with van der Waals surface area (Å²) in [5, 5.41) is 15.2. The summed E-state index contributed by atoms with van der Waals surface area (Å²) in [7, 11) is 0. The standard InChI is InChI=1S/C21H18N6O2/c1-14(15-4-6-18(7-5-15)29-19-3-2-8-23-13-19)24-12-17-9-20(28)27-21(26-17)16(10-22)11-25-27/h2-9,11,13-14,24-25H,12H2,1H3. The lowest BCUT2D eigenvalue weighted by Crippen LogP contribution is -2.22. The number of rotatable bonds is 6. The normalized spacial score (nSPS) is 11.9. The van der Waals surface area contributed by atoms with E-state index < -0.39 is 0 Å². The maximum absolute atomic E-state index is 12.2. The number of fused-ring (bicyclic) bond motifs is 1. The zero-order valence-electron chi connectivity index (χ0n) is 15.7. The molecule has 2 N–H and O–H groups in total. The number of aromatic amines is 1. The number of ether oxygens (including phenoxy) is 1. The molecule has 0 radical (unpaired) electrons. The van der Waals surface area contributed by atoms with E-state index in [9.17, 15) is 4.79 Å². The van der Waals surface area contributed by atoms with Crippen LogP contribution in [0.3, 0.4) is 0 Å². The molecule has 0 aliphatic rings. The molecule has 0 saturated carbocycles. The Balaban J connectivity index is 1.43. The lowest BCUT2D eigenvalue weighted by Gasteiger charge is -2.15. The van der Waals surface area contributed by atoms with Crippen molar-refractivity contribution in [3.8, 4) is 17.6 Å². The number of hydrogen-bond acceptors (Lipinski definition) is 6. The molecule has 29 heavy (non-hydrogen) atoms. The van der Waals surface area contributed by atoms with Crippen molar-refractivity contribution in [3.63, 3.8) is 0 Å². The number of nitriles is 1. The van der Waals surface area contributed by atoms with E-state index in [0.717, 1.165) is 11.3 Å². The van der Waals surface area contributed by atoms with Gasteiger partial charge in [0.15, 0.2) is 5.65 Å². The first-order valence-electron chi connectivity index (χ1n) is 9.05. The maximum atomic E-state index is 12.2. The summed E-state index contributed by atoms with van der Waals surface area (Å²) in [6.45, 7) is 2.43. The highest BCUT2D eigenvalue weighted by Crippen LogP contribution is 2.22. The lowest BCUT2D eigenvalue weighted by molar-refractivity contribution is 0.479. The molecule has 144 valence electrons. The molecule has 1 aromatic carbocycles. The third-order valence-corrected chi connectivity index (χ3v) is 4.51. The minimum atomic E-state index is -0.252. The zero-order chi connectivity index (χ0) is 20.2. The van der Waals surface area contributed by atoms with Gasteiger partial charge in [-0.2, -0.15) is 5.26 Å². The van der Waals surface area contributed by atoms with Crippen LogP contribution in [0.2, 0.25) is 0 Å². The summed E-state index contributed by atoms with van der Waals surface area (Å²) in [4.78, 5) is 20.6. The Bertz CT molecular complexity index is 1220. The molecule has 1 atom stereocenters. The van der Waals surface area contributed by atoms with Crippen molar-refractivity contribution < 1.29 is 4.74 Å². The van der Waals surface area contributed by atoms with Gasteiger partial charge in [0.2, 0.25) is 0 Å². The van der Waals surface area contributed by atoms with Gasteiger partial charge in [-0.05, 0) is 36.8 Å². The number of aromatic nitrogens is 4. The molecule has 8 heteroatoms. The third kappa shape index (κ3) is 4.00. The van der Waals surface area contributed by atoms with E-state index in [4.69, 9.17) is 10.00 Å². The van der Waals surface area contributed by atoms with Gasteiger partial charge < -0.3 is 10.1 Å². The summed E-state index contributed by atoms with van der Waals surface area (Å²) in [6.07, 6.45) is 4.83.